The van der Waals surface area contributed by atoms with Crippen molar-refractivity contribution in [2.45, 2.75) is 25.8 Å². The lowest BCUT2D eigenvalue weighted by Gasteiger charge is -2.11. The third-order valence-corrected chi connectivity index (χ3v) is 3.20. The van der Waals surface area contributed by atoms with Gasteiger partial charge in [0.2, 0.25) is 5.91 Å². The number of anilines is 1. The van der Waals surface area contributed by atoms with Crippen LogP contribution in [0.5, 0.6) is 0 Å². The van der Waals surface area contributed by atoms with Gasteiger partial charge in [-0.1, -0.05) is 55.8 Å². The molecule has 0 bridgehead atoms. The second kappa shape index (κ2) is 6.87. The Kier molecular flexibility index (Phi) is 4.91. The van der Waals surface area contributed by atoms with E-state index in [9.17, 15) is 4.79 Å². The van der Waals surface area contributed by atoms with Crippen molar-refractivity contribution in [1.29, 1.82) is 0 Å². The Balaban J connectivity index is 2.04. The molecule has 3 N–H and O–H groups in total. The van der Waals surface area contributed by atoms with Crippen LogP contribution in [0.4, 0.5) is 5.69 Å². The summed E-state index contributed by atoms with van der Waals surface area (Å²) < 4.78 is 0. The zero-order valence-electron chi connectivity index (χ0n) is 11.7. The zero-order chi connectivity index (χ0) is 14.4. The minimum Gasteiger partial charge on any atom is -0.325 e. The molecule has 0 radical (unpaired) electrons. The highest BCUT2D eigenvalue weighted by Gasteiger charge is 2.12. The summed E-state index contributed by atoms with van der Waals surface area (Å²) in [6, 6.07) is 17.5. The maximum atomic E-state index is 11.8. The number of benzene rings is 2. The molecule has 0 saturated carbocycles. The Morgan fingerprint density at radius 2 is 1.65 bits per heavy atom. The fourth-order valence-corrected chi connectivity index (χ4v) is 2.05. The molecule has 0 spiro atoms. The molecular formula is C17H20N2O. The third kappa shape index (κ3) is 3.68. The number of carbonyl (C=O) groups excluding carboxylic acids is 1. The van der Waals surface area contributed by atoms with Crippen molar-refractivity contribution < 1.29 is 4.79 Å². The van der Waals surface area contributed by atoms with Gasteiger partial charge in [-0.2, -0.15) is 0 Å². The molecule has 2 aromatic carbocycles. The summed E-state index contributed by atoms with van der Waals surface area (Å²) in [4.78, 5) is 11.8. The third-order valence-electron chi connectivity index (χ3n) is 3.20. The quantitative estimate of drug-likeness (QED) is 0.873. The Morgan fingerprint density at radius 3 is 2.25 bits per heavy atom. The summed E-state index contributed by atoms with van der Waals surface area (Å²) in [5.74, 6) is -0.126. The van der Waals surface area contributed by atoms with E-state index in [1.54, 1.807) is 0 Å². The van der Waals surface area contributed by atoms with E-state index in [0.29, 0.717) is 6.42 Å². The second-order valence-electron chi connectivity index (χ2n) is 4.83. The number of amides is 1. The van der Waals surface area contributed by atoms with Crippen LogP contribution >= 0.6 is 0 Å². The molecule has 3 heteroatoms. The summed E-state index contributed by atoms with van der Waals surface area (Å²) in [7, 11) is 0. The lowest BCUT2D eigenvalue weighted by molar-refractivity contribution is -0.117. The van der Waals surface area contributed by atoms with E-state index >= 15 is 0 Å². The van der Waals surface area contributed by atoms with Gasteiger partial charge in [0.25, 0.3) is 0 Å². The molecular weight excluding hydrogens is 248 g/mol. The predicted molar refractivity (Wildman–Crippen MR) is 83.4 cm³/mol. The summed E-state index contributed by atoms with van der Waals surface area (Å²) in [6.07, 6.45) is 1.61. The number of hydrogen-bond acceptors (Lipinski definition) is 2. The van der Waals surface area contributed by atoms with Crippen LogP contribution in [-0.4, -0.2) is 11.9 Å². The van der Waals surface area contributed by atoms with Crippen molar-refractivity contribution in [2.75, 3.05) is 5.32 Å². The van der Waals surface area contributed by atoms with Crippen LogP contribution < -0.4 is 11.1 Å². The van der Waals surface area contributed by atoms with Gasteiger partial charge in [0.05, 0.1) is 6.04 Å². The van der Waals surface area contributed by atoms with Crippen LogP contribution in [0.3, 0.4) is 0 Å². The molecule has 0 fully saturated rings. The lowest BCUT2D eigenvalue weighted by Crippen LogP contribution is -2.35. The summed E-state index contributed by atoms with van der Waals surface area (Å²) in [6.45, 7) is 2.02. The van der Waals surface area contributed by atoms with Crippen molar-refractivity contribution in [1.82, 2.24) is 0 Å². The summed E-state index contributed by atoms with van der Waals surface area (Å²) >= 11 is 0. The Labute approximate surface area is 119 Å². The topological polar surface area (TPSA) is 55.1 Å². The number of carbonyl (C=O) groups is 1. The highest BCUT2D eigenvalue weighted by molar-refractivity contribution is 5.94. The predicted octanol–water partition coefficient (Wildman–Crippen LogP) is 3.42. The van der Waals surface area contributed by atoms with Crippen LogP contribution in [0.25, 0.3) is 11.1 Å². The average Bonchev–Trinajstić information content (AvgIpc) is 2.49. The molecule has 1 atom stereocenters. The van der Waals surface area contributed by atoms with E-state index in [1.165, 1.54) is 0 Å². The molecule has 104 valence electrons. The zero-order valence-corrected chi connectivity index (χ0v) is 11.7. The first-order chi connectivity index (χ1) is 9.70. The Hall–Kier alpha value is -2.13. The first kappa shape index (κ1) is 14.3. The van der Waals surface area contributed by atoms with Crippen molar-refractivity contribution >= 4 is 11.6 Å². The average molecular weight is 268 g/mol. The van der Waals surface area contributed by atoms with Crippen LogP contribution in [0, 0.1) is 0 Å². The van der Waals surface area contributed by atoms with E-state index in [2.05, 4.69) is 17.4 Å². The van der Waals surface area contributed by atoms with Crippen LogP contribution in [0.1, 0.15) is 19.8 Å². The van der Waals surface area contributed by atoms with E-state index in [-0.39, 0.29) is 5.91 Å². The maximum absolute atomic E-state index is 11.8. The smallest absolute Gasteiger partial charge is 0.241 e. The second-order valence-corrected chi connectivity index (χ2v) is 4.83. The van der Waals surface area contributed by atoms with Gasteiger partial charge < -0.3 is 11.1 Å². The lowest BCUT2D eigenvalue weighted by atomic mass is 10.1. The Bertz CT molecular complexity index is 549. The molecule has 2 aromatic rings. The van der Waals surface area contributed by atoms with Gasteiger partial charge in [0.15, 0.2) is 0 Å². The van der Waals surface area contributed by atoms with Gasteiger partial charge in [-0.3, -0.25) is 4.79 Å². The molecule has 2 rings (SSSR count). The number of nitrogens with two attached hydrogens (primary N) is 1. The van der Waals surface area contributed by atoms with Crippen LogP contribution in [0.2, 0.25) is 0 Å². The molecule has 1 amide bonds. The number of rotatable bonds is 5. The molecule has 0 heterocycles. The standard InChI is InChI=1S/C17H20N2O/c1-2-6-16(18)17(20)19-15-11-9-14(10-12-15)13-7-4-3-5-8-13/h3-5,7-12,16H,2,6,18H2,1H3,(H,19,20)/t16-/m0/s1. The highest BCUT2D eigenvalue weighted by atomic mass is 16.2. The summed E-state index contributed by atoms with van der Waals surface area (Å²) in [5.41, 5.74) is 8.85. The normalized spacial score (nSPS) is 11.9. The fourth-order valence-electron chi connectivity index (χ4n) is 2.05. The molecule has 0 aliphatic heterocycles. The van der Waals surface area contributed by atoms with Crippen molar-refractivity contribution in [3.63, 3.8) is 0 Å². The van der Waals surface area contributed by atoms with Crippen LogP contribution in [0.15, 0.2) is 54.6 Å². The van der Waals surface area contributed by atoms with E-state index in [1.807, 2.05) is 49.4 Å². The summed E-state index contributed by atoms with van der Waals surface area (Å²) in [5, 5.41) is 2.84. The number of hydrogen-bond donors (Lipinski definition) is 2. The van der Waals surface area contributed by atoms with Crippen molar-refractivity contribution in [2.24, 2.45) is 5.73 Å². The van der Waals surface area contributed by atoms with Gasteiger partial charge >= 0.3 is 0 Å². The fraction of sp³-hybridized carbons (Fsp3) is 0.235. The SMILES string of the molecule is CCC[C@H](N)C(=O)Nc1ccc(-c2ccccc2)cc1. The molecule has 0 aromatic heterocycles. The highest BCUT2D eigenvalue weighted by Crippen LogP contribution is 2.21. The van der Waals surface area contributed by atoms with Gasteiger partial charge in [-0.05, 0) is 29.7 Å². The van der Waals surface area contributed by atoms with Crippen molar-refractivity contribution in [3.05, 3.63) is 54.6 Å². The first-order valence-electron chi connectivity index (χ1n) is 6.92. The molecule has 20 heavy (non-hydrogen) atoms. The molecule has 0 saturated heterocycles. The molecule has 3 nitrogen and oxygen atoms in total. The Morgan fingerprint density at radius 1 is 1.05 bits per heavy atom. The van der Waals surface area contributed by atoms with Gasteiger partial charge in [-0.25, -0.2) is 0 Å². The van der Waals surface area contributed by atoms with E-state index in [4.69, 9.17) is 5.73 Å². The minimum absolute atomic E-state index is 0.126. The molecule has 0 unspecified atom stereocenters. The van der Waals surface area contributed by atoms with E-state index in [0.717, 1.165) is 23.2 Å². The maximum Gasteiger partial charge on any atom is 0.241 e. The largest absolute Gasteiger partial charge is 0.325 e. The van der Waals surface area contributed by atoms with Crippen molar-refractivity contribution in [3.8, 4) is 11.1 Å². The first-order valence-corrected chi connectivity index (χ1v) is 6.92. The van der Waals surface area contributed by atoms with Gasteiger partial charge in [0, 0.05) is 5.69 Å². The number of nitrogens with one attached hydrogen (secondary N) is 1. The molecule has 0 aliphatic carbocycles. The van der Waals surface area contributed by atoms with Gasteiger partial charge in [-0.15, -0.1) is 0 Å². The molecule has 0 aliphatic rings. The minimum atomic E-state index is -0.436. The van der Waals surface area contributed by atoms with Crippen LogP contribution in [-0.2, 0) is 4.79 Å². The monoisotopic (exact) mass is 268 g/mol. The van der Waals surface area contributed by atoms with Gasteiger partial charge in [0.1, 0.15) is 0 Å². The van der Waals surface area contributed by atoms with E-state index < -0.39 is 6.04 Å².